The zero-order chi connectivity index (χ0) is 16.7. The van der Waals surface area contributed by atoms with Crippen LogP contribution in [0.25, 0.3) is 0 Å². The molecule has 0 aliphatic carbocycles. The first kappa shape index (κ1) is 16.3. The molecule has 0 saturated carbocycles. The highest BCUT2D eigenvalue weighted by Gasteiger charge is 2.07. The summed E-state index contributed by atoms with van der Waals surface area (Å²) in [6, 6.07) is 12.8. The molecule has 0 aromatic heterocycles. The highest BCUT2D eigenvalue weighted by molar-refractivity contribution is 5.70. The molecule has 0 atom stereocenters. The van der Waals surface area contributed by atoms with E-state index < -0.39 is 11.0 Å². The first-order valence-electron chi connectivity index (χ1n) is 6.91. The van der Waals surface area contributed by atoms with Crippen molar-refractivity contribution in [3.05, 3.63) is 64.2 Å². The molecule has 0 saturated heterocycles. The number of amides is 1. The van der Waals surface area contributed by atoms with E-state index >= 15 is 0 Å². The number of hydrogen-bond donors (Lipinski definition) is 1. The van der Waals surface area contributed by atoms with Crippen molar-refractivity contribution in [3.63, 3.8) is 0 Å². The number of carbonyl (C=O) groups is 1. The van der Waals surface area contributed by atoms with Crippen LogP contribution in [0.4, 0.5) is 10.5 Å². The van der Waals surface area contributed by atoms with Crippen molar-refractivity contribution in [1.29, 1.82) is 0 Å². The van der Waals surface area contributed by atoms with E-state index in [2.05, 4.69) is 5.32 Å². The molecule has 0 bridgehead atoms. The van der Waals surface area contributed by atoms with Crippen LogP contribution < -0.4 is 14.8 Å². The molecular formula is C16H16N2O5. The Kier molecular flexibility index (Phi) is 5.51. The molecule has 120 valence electrons. The molecule has 1 amide bonds. The summed E-state index contributed by atoms with van der Waals surface area (Å²) in [5, 5.41) is 13.1. The first-order valence-corrected chi connectivity index (χ1v) is 6.91. The number of non-ortho nitro benzene ring substituents is 1. The Bertz CT molecular complexity index is 668. The highest BCUT2D eigenvalue weighted by Crippen LogP contribution is 2.17. The zero-order valence-corrected chi connectivity index (χ0v) is 12.5. The maximum Gasteiger partial charge on any atom is 0.412 e. The van der Waals surface area contributed by atoms with Crippen LogP contribution in [-0.2, 0) is 6.42 Å². The van der Waals surface area contributed by atoms with Crippen LogP contribution in [0, 0.1) is 10.1 Å². The zero-order valence-electron chi connectivity index (χ0n) is 12.5. The van der Waals surface area contributed by atoms with Gasteiger partial charge in [-0.2, -0.15) is 0 Å². The van der Waals surface area contributed by atoms with Gasteiger partial charge >= 0.3 is 6.09 Å². The van der Waals surface area contributed by atoms with E-state index in [9.17, 15) is 14.9 Å². The second kappa shape index (κ2) is 7.79. The van der Waals surface area contributed by atoms with Gasteiger partial charge in [0.05, 0.1) is 12.0 Å². The van der Waals surface area contributed by atoms with Crippen LogP contribution in [0.1, 0.15) is 5.56 Å². The molecule has 2 aromatic carbocycles. The second-order valence-electron chi connectivity index (χ2n) is 4.67. The van der Waals surface area contributed by atoms with Gasteiger partial charge in [-0.15, -0.1) is 0 Å². The molecule has 0 radical (unpaired) electrons. The van der Waals surface area contributed by atoms with Gasteiger partial charge < -0.3 is 14.8 Å². The predicted molar refractivity (Wildman–Crippen MR) is 83.8 cm³/mol. The van der Waals surface area contributed by atoms with Crippen molar-refractivity contribution in [2.45, 2.75) is 6.42 Å². The van der Waals surface area contributed by atoms with Gasteiger partial charge in [0.25, 0.3) is 5.69 Å². The van der Waals surface area contributed by atoms with Crippen molar-refractivity contribution >= 4 is 11.8 Å². The molecule has 7 heteroatoms. The van der Waals surface area contributed by atoms with E-state index in [1.54, 1.807) is 7.11 Å². The quantitative estimate of drug-likeness (QED) is 0.653. The van der Waals surface area contributed by atoms with Crippen LogP contribution >= 0.6 is 0 Å². The SMILES string of the molecule is COc1ccc(CCNC(=O)Oc2ccc([N+](=O)[O-])cc2)cc1. The lowest BCUT2D eigenvalue weighted by Gasteiger charge is -2.07. The van der Waals surface area contributed by atoms with Crippen LogP contribution in [0.2, 0.25) is 0 Å². The Morgan fingerprint density at radius 1 is 1.09 bits per heavy atom. The third-order valence-electron chi connectivity index (χ3n) is 3.10. The topological polar surface area (TPSA) is 90.7 Å². The molecule has 2 rings (SSSR count). The smallest absolute Gasteiger partial charge is 0.412 e. The molecule has 0 unspecified atom stereocenters. The lowest BCUT2D eigenvalue weighted by atomic mass is 10.1. The fourth-order valence-electron chi connectivity index (χ4n) is 1.88. The van der Waals surface area contributed by atoms with Crippen molar-refractivity contribution in [1.82, 2.24) is 5.32 Å². The summed E-state index contributed by atoms with van der Waals surface area (Å²) in [6.07, 6.45) is 0.0478. The van der Waals surface area contributed by atoms with Gasteiger partial charge in [-0.25, -0.2) is 4.79 Å². The number of hydrogen-bond acceptors (Lipinski definition) is 5. The van der Waals surface area contributed by atoms with Crippen LogP contribution in [0.3, 0.4) is 0 Å². The second-order valence-corrected chi connectivity index (χ2v) is 4.67. The number of ether oxygens (including phenoxy) is 2. The van der Waals surface area contributed by atoms with Gasteiger partial charge in [0, 0.05) is 18.7 Å². The number of nitro groups is 1. The van der Waals surface area contributed by atoms with Crippen molar-refractivity contribution in [3.8, 4) is 11.5 Å². The monoisotopic (exact) mass is 316 g/mol. The summed E-state index contributed by atoms with van der Waals surface area (Å²) in [5.41, 5.74) is 0.999. The van der Waals surface area contributed by atoms with E-state index in [-0.39, 0.29) is 11.4 Å². The average Bonchev–Trinajstić information content (AvgIpc) is 2.56. The number of nitrogens with one attached hydrogen (secondary N) is 1. The fourth-order valence-corrected chi connectivity index (χ4v) is 1.88. The summed E-state index contributed by atoms with van der Waals surface area (Å²) in [4.78, 5) is 21.6. The number of rotatable bonds is 6. The molecule has 0 spiro atoms. The van der Waals surface area contributed by atoms with Gasteiger partial charge in [-0.3, -0.25) is 10.1 Å². The maximum absolute atomic E-state index is 11.6. The molecule has 7 nitrogen and oxygen atoms in total. The number of nitrogens with zero attached hydrogens (tertiary/aromatic N) is 1. The molecule has 23 heavy (non-hydrogen) atoms. The number of benzene rings is 2. The van der Waals surface area contributed by atoms with E-state index in [4.69, 9.17) is 9.47 Å². The van der Waals surface area contributed by atoms with Crippen LogP contribution in [0.15, 0.2) is 48.5 Å². The minimum absolute atomic E-state index is 0.0581. The lowest BCUT2D eigenvalue weighted by Crippen LogP contribution is -2.28. The number of nitro benzene ring substituents is 1. The standard InChI is InChI=1S/C16H16N2O5/c1-22-14-6-2-12(3-7-14)10-11-17-16(19)23-15-8-4-13(5-9-15)18(20)21/h2-9H,10-11H2,1H3,(H,17,19). The van der Waals surface area contributed by atoms with Crippen molar-refractivity contribution in [2.75, 3.05) is 13.7 Å². The summed E-state index contributed by atoms with van der Waals surface area (Å²) in [7, 11) is 1.60. The predicted octanol–water partition coefficient (Wildman–Crippen LogP) is 2.93. The Morgan fingerprint density at radius 3 is 2.26 bits per heavy atom. The van der Waals surface area contributed by atoms with E-state index in [1.165, 1.54) is 24.3 Å². The lowest BCUT2D eigenvalue weighted by molar-refractivity contribution is -0.384. The van der Waals surface area contributed by atoms with E-state index in [0.29, 0.717) is 13.0 Å². The van der Waals surface area contributed by atoms with Crippen LogP contribution in [0.5, 0.6) is 11.5 Å². The largest absolute Gasteiger partial charge is 0.497 e. The maximum atomic E-state index is 11.6. The molecular weight excluding hydrogens is 300 g/mol. The molecule has 2 aromatic rings. The summed E-state index contributed by atoms with van der Waals surface area (Å²) in [5.74, 6) is 1.02. The van der Waals surface area contributed by atoms with Crippen molar-refractivity contribution in [2.24, 2.45) is 0 Å². The first-order chi connectivity index (χ1) is 11.1. The molecule has 1 N–H and O–H groups in total. The Morgan fingerprint density at radius 2 is 1.70 bits per heavy atom. The third-order valence-corrected chi connectivity index (χ3v) is 3.10. The molecule has 0 aliphatic rings. The van der Waals surface area contributed by atoms with Gasteiger partial charge in [0.1, 0.15) is 11.5 Å². The summed E-state index contributed by atoms with van der Waals surface area (Å²) >= 11 is 0. The molecule has 0 aliphatic heterocycles. The number of carbonyl (C=O) groups excluding carboxylic acids is 1. The minimum Gasteiger partial charge on any atom is -0.497 e. The van der Waals surface area contributed by atoms with Crippen molar-refractivity contribution < 1.29 is 19.2 Å². The summed E-state index contributed by atoms with van der Waals surface area (Å²) in [6.45, 7) is 0.415. The Labute approximate surface area is 133 Å². The molecule has 0 fully saturated rings. The Balaban J connectivity index is 1.77. The third kappa shape index (κ3) is 4.99. The molecule has 0 heterocycles. The normalized spacial score (nSPS) is 9.96. The van der Waals surface area contributed by atoms with E-state index in [1.807, 2.05) is 24.3 Å². The fraction of sp³-hybridized carbons (Fsp3) is 0.188. The van der Waals surface area contributed by atoms with Gasteiger partial charge in [-0.05, 0) is 36.2 Å². The Hall–Kier alpha value is -3.09. The van der Waals surface area contributed by atoms with E-state index in [0.717, 1.165) is 11.3 Å². The summed E-state index contributed by atoms with van der Waals surface area (Å²) < 4.78 is 10.1. The van der Waals surface area contributed by atoms with Crippen LogP contribution in [-0.4, -0.2) is 24.7 Å². The van der Waals surface area contributed by atoms with Gasteiger partial charge in [0.15, 0.2) is 0 Å². The minimum atomic E-state index is -0.604. The van der Waals surface area contributed by atoms with Gasteiger partial charge in [0.2, 0.25) is 0 Å². The van der Waals surface area contributed by atoms with Gasteiger partial charge in [-0.1, -0.05) is 12.1 Å². The number of methoxy groups -OCH3 is 1. The average molecular weight is 316 g/mol. The highest BCUT2D eigenvalue weighted by atomic mass is 16.6.